The summed E-state index contributed by atoms with van der Waals surface area (Å²) in [5.74, 6) is -0.676. The van der Waals surface area contributed by atoms with Crippen LogP contribution in [-0.2, 0) is 5.72 Å². The normalized spacial score (nSPS) is 22.1. The van der Waals surface area contributed by atoms with Crippen molar-refractivity contribution in [3.8, 4) is 0 Å². The highest BCUT2D eigenvalue weighted by Crippen LogP contribution is 2.53. The average molecular weight is 400 g/mol. The van der Waals surface area contributed by atoms with Crippen molar-refractivity contribution in [2.45, 2.75) is 10.6 Å². The Kier molecular flexibility index (Phi) is 3.17. The first kappa shape index (κ1) is 16.5. The van der Waals surface area contributed by atoms with E-state index in [1.165, 1.54) is 18.0 Å². The van der Waals surface area contributed by atoms with E-state index in [-0.39, 0.29) is 33.9 Å². The number of rotatable bonds is 1. The maximum Gasteiger partial charge on any atom is 0.236 e. The van der Waals surface area contributed by atoms with Crippen molar-refractivity contribution >= 4 is 34.2 Å². The molecule has 1 aliphatic carbocycles. The van der Waals surface area contributed by atoms with E-state index in [1.807, 2.05) is 24.3 Å². The van der Waals surface area contributed by atoms with Crippen molar-refractivity contribution in [3.63, 3.8) is 0 Å². The Morgan fingerprint density at radius 3 is 2.41 bits per heavy atom. The third-order valence-corrected chi connectivity index (χ3v) is 6.36. The number of carbonyl (C=O) groups excluding carboxylic acids is 2. The number of ketones is 2. The monoisotopic (exact) mass is 400 g/mol. The largest absolute Gasteiger partial charge is 0.464 e. The Morgan fingerprint density at radius 1 is 0.931 bits per heavy atom. The average Bonchev–Trinajstić information content (AvgIpc) is 3.40. The number of hydrogen-bond acceptors (Lipinski definition) is 7. The molecule has 7 heteroatoms. The van der Waals surface area contributed by atoms with E-state index in [2.05, 4.69) is 4.99 Å². The highest BCUT2D eigenvalue weighted by Gasteiger charge is 2.57. The Labute approximate surface area is 169 Å². The molecule has 1 atom stereocenters. The number of aliphatic hydroxyl groups is 1. The van der Waals surface area contributed by atoms with E-state index in [0.29, 0.717) is 10.9 Å². The van der Waals surface area contributed by atoms with Gasteiger partial charge in [0, 0.05) is 16.0 Å². The van der Waals surface area contributed by atoms with Crippen LogP contribution in [0.5, 0.6) is 0 Å². The number of Topliss-reactive ketones (excluding diaryl/α,β-unsaturated/α-hetero) is 2. The highest BCUT2D eigenvalue weighted by molar-refractivity contribution is 8.14. The first-order chi connectivity index (χ1) is 14.1. The lowest BCUT2D eigenvalue weighted by atomic mass is 9.80. The number of anilines is 1. The smallest absolute Gasteiger partial charge is 0.236 e. The summed E-state index contributed by atoms with van der Waals surface area (Å²) in [5, 5.41) is 12.5. The Balaban J connectivity index is 1.69. The number of allylic oxidation sites excluding steroid dienone is 1. The number of carbonyl (C=O) groups is 2. The molecule has 0 fully saturated rings. The molecular weight excluding hydrogens is 388 g/mol. The van der Waals surface area contributed by atoms with Crippen LogP contribution in [0.4, 0.5) is 5.69 Å². The van der Waals surface area contributed by atoms with Crippen LogP contribution < -0.4 is 4.90 Å². The molecule has 1 unspecified atom stereocenters. The molecule has 2 aromatic carbocycles. The van der Waals surface area contributed by atoms with E-state index >= 15 is 0 Å². The third kappa shape index (κ3) is 1.98. The molecule has 0 saturated heterocycles. The van der Waals surface area contributed by atoms with Gasteiger partial charge < -0.3 is 9.52 Å². The Hall–Kier alpha value is -3.42. The lowest BCUT2D eigenvalue weighted by molar-refractivity contribution is 0.0514. The molecule has 0 amide bonds. The van der Waals surface area contributed by atoms with Gasteiger partial charge in [-0.2, -0.15) is 0 Å². The molecule has 3 aliphatic rings. The first-order valence-electron chi connectivity index (χ1n) is 8.96. The first-order valence-corrected chi connectivity index (χ1v) is 9.77. The zero-order chi connectivity index (χ0) is 19.8. The second-order valence-electron chi connectivity index (χ2n) is 6.88. The summed E-state index contributed by atoms with van der Waals surface area (Å²) >= 11 is 1.34. The topological polar surface area (TPSA) is 83.1 Å². The minimum atomic E-state index is -1.99. The summed E-state index contributed by atoms with van der Waals surface area (Å²) in [6.07, 6.45) is 1.43. The number of benzene rings is 2. The van der Waals surface area contributed by atoms with Crippen LogP contribution in [0.1, 0.15) is 26.5 Å². The maximum absolute atomic E-state index is 13.5. The summed E-state index contributed by atoms with van der Waals surface area (Å²) in [6, 6.07) is 17.3. The molecule has 3 heterocycles. The standard InChI is InChI=1S/C22H12N2O4S/c25-19-12-6-1-2-7-13(12)20(26)18-17(19)22(27,16-10-5-11-28-16)24-14-8-3-4-9-15(14)29-21(24)23-18/h1-11,27H. The molecular formula is C22H12N2O4S. The summed E-state index contributed by atoms with van der Waals surface area (Å²) in [4.78, 5) is 33.7. The van der Waals surface area contributed by atoms with Gasteiger partial charge in [-0.25, -0.2) is 4.99 Å². The second-order valence-corrected chi connectivity index (χ2v) is 7.89. The number of fused-ring (bicyclic) bond motifs is 4. The summed E-state index contributed by atoms with van der Waals surface area (Å²) in [6.45, 7) is 0. The van der Waals surface area contributed by atoms with E-state index < -0.39 is 11.5 Å². The maximum atomic E-state index is 13.5. The van der Waals surface area contributed by atoms with Crippen LogP contribution in [0.3, 0.4) is 0 Å². The molecule has 2 aliphatic heterocycles. The number of thioether (sulfide) groups is 1. The zero-order valence-electron chi connectivity index (χ0n) is 14.8. The van der Waals surface area contributed by atoms with Crippen LogP contribution >= 0.6 is 11.8 Å². The van der Waals surface area contributed by atoms with Gasteiger partial charge in [-0.05, 0) is 36.0 Å². The number of para-hydroxylation sites is 1. The zero-order valence-corrected chi connectivity index (χ0v) is 15.6. The molecule has 29 heavy (non-hydrogen) atoms. The van der Waals surface area contributed by atoms with E-state index in [1.54, 1.807) is 41.3 Å². The van der Waals surface area contributed by atoms with Crippen LogP contribution in [0.15, 0.2) is 92.5 Å². The molecule has 1 N–H and O–H groups in total. The van der Waals surface area contributed by atoms with Crippen molar-refractivity contribution in [1.82, 2.24) is 0 Å². The van der Waals surface area contributed by atoms with Gasteiger partial charge in [0.15, 0.2) is 16.7 Å². The molecule has 140 valence electrons. The van der Waals surface area contributed by atoms with Crippen molar-refractivity contribution in [3.05, 3.63) is 95.1 Å². The molecule has 1 aromatic heterocycles. The molecule has 3 aromatic rings. The number of nitrogens with zero attached hydrogens (tertiary/aromatic N) is 2. The van der Waals surface area contributed by atoms with Gasteiger partial charge in [-0.3, -0.25) is 14.5 Å². The molecule has 6 rings (SSSR count). The number of aliphatic imine (C=N–C) groups is 1. The van der Waals surface area contributed by atoms with Crippen molar-refractivity contribution in [2.75, 3.05) is 4.90 Å². The van der Waals surface area contributed by atoms with E-state index in [0.717, 1.165) is 4.90 Å². The fraction of sp³-hybridized carbons (Fsp3) is 0.0455. The lowest BCUT2D eigenvalue weighted by Gasteiger charge is -2.42. The predicted octanol–water partition coefficient (Wildman–Crippen LogP) is 3.74. The summed E-state index contributed by atoms with van der Waals surface area (Å²) in [7, 11) is 0. The van der Waals surface area contributed by atoms with Gasteiger partial charge in [0.1, 0.15) is 5.70 Å². The van der Waals surface area contributed by atoms with Crippen molar-refractivity contribution < 1.29 is 19.1 Å². The minimum absolute atomic E-state index is 0.0424. The minimum Gasteiger partial charge on any atom is -0.464 e. The Bertz CT molecular complexity index is 1290. The van der Waals surface area contributed by atoms with Gasteiger partial charge in [0.2, 0.25) is 11.5 Å². The van der Waals surface area contributed by atoms with Crippen LogP contribution in [0.25, 0.3) is 0 Å². The van der Waals surface area contributed by atoms with Crippen LogP contribution in [0.2, 0.25) is 0 Å². The molecule has 0 spiro atoms. The number of hydrogen-bond donors (Lipinski definition) is 1. The quantitative estimate of drug-likeness (QED) is 0.670. The van der Waals surface area contributed by atoms with Crippen molar-refractivity contribution in [2.24, 2.45) is 4.99 Å². The predicted molar refractivity (Wildman–Crippen MR) is 107 cm³/mol. The third-order valence-electron chi connectivity index (χ3n) is 5.34. The number of furan rings is 1. The molecule has 6 nitrogen and oxygen atoms in total. The lowest BCUT2D eigenvalue weighted by Crippen LogP contribution is -2.54. The second kappa shape index (κ2) is 5.56. The Morgan fingerprint density at radius 2 is 1.66 bits per heavy atom. The molecule has 0 bridgehead atoms. The molecule has 0 saturated carbocycles. The fourth-order valence-electron chi connectivity index (χ4n) is 4.07. The summed E-state index contributed by atoms with van der Waals surface area (Å²) < 4.78 is 5.57. The van der Waals surface area contributed by atoms with Gasteiger partial charge >= 0.3 is 0 Å². The number of amidine groups is 1. The van der Waals surface area contributed by atoms with Crippen molar-refractivity contribution in [1.29, 1.82) is 0 Å². The highest BCUT2D eigenvalue weighted by atomic mass is 32.2. The van der Waals surface area contributed by atoms with E-state index in [4.69, 9.17) is 4.42 Å². The van der Waals surface area contributed by atoms with Gasteiger partial charge in [-0.1, -0.05) is 36.4 Å². The van der Waals surface area contributed by atoms with E-state index in [9.17, 15) is 14.7 Å². The van der Waals surface area contributed by atoms with Gasteiger partial charge in [0.25, 0.3) is 0 Å². The van der Waals surface area contributed by atoms with Crippen LogP contribution in [-0.4, -0.2) is 21.8 Å². The van der Waals surface area contributed by atoms with Gasteiger partial charge in [-0.15, -0.1) is 0 Å². The SMILES string of the molecule is O=C1C2=C(C(=O)c3ccccc31)C(O)(c1ccco1)N1C(=N2)Sc2ccccc21. The molecule has 0 radical (unpaired) electrons. The van der Waals surface area contributed by atoms with Gasteiger partial charge in [0.05, 0.1) is 17.5 Å². The summed E-state index contributed by atoms with van der Waals surface area (Å²) in [5.41, 5.74) is -0.885. The van der Waals surface area contributed by atoms with Crippen LogP contribution in [0, 0.1) is 0 Å². The fourth-order valence-corrected chi connectivity index (χ4v) is 5.14.